The summed E-state index contributed by atoms with van der Waals surface area (Å²) in [5, 5.41) is 9.52. The van der Waals surface area contributed by atoms with Gasteiger partial charge in [0.1, 0.15) is 11.9 Å². The van der Waals surface area contributed by atoms with Gasteiger partial charge in [-0.1, -0.05) is 11.6 Å². The molecule has 0 aromatic carbocycles. The van der Waals surface area contributed by atoms with Crippen LogP contribution < -0.4 is 4.74 Å². The Morgan fingerprint density at radius 3 is 2.62 bits per heavy atom. The average Bonchev–Trinajstić information content (AvgIpc) is 2.40. The number of hydrogen-bond acceptors (Lipinski definition) is 4. The summed E-state index contributed by atoms with van der Waals surface area (Å²) in [7, 11) is 0. The molecule has 0 saturated carbocycles. The standard InChI is InChI=1S/C13H16ClF3N2O2/c14-9-5-11(7-18-6-9)21-10-1-3-19(4-2-10)8-12(20)13(15,16)17/h5-7,10,12,20H,1-4,8H2/t12-/m0/s1. The molecule has 0 aliphatic carbocycles. The molecule has 0 amide bonds. The molecule has 1 aromatic rings. The minimum atomic E-state index is -4.57. The highest BCUT2D eigenvalue weighted by Gasteiger charge is 2.39. The van der Waals surface area contributed by atoms with Gasteiger partial charge in [0.25, 0.3) is 0 Å². The number of aliphatic hydroxyl groups excluding tert-OH is 1. The molecule has 118 valence electrons. The monoisotopic (exact) mass is 324 g/mol. The number of halogens is 4. The number of likely N-dealkylation sites (tertiary alicyclic amines) is 1. The summed E-state index contributed by atoms with van der Waals surface area (Å²) in [4.78, 5) is 5.50. The van der Waals surface area contributed by atoms with E-state index in [9.17, 15) is 13.2 Å². The van der Waals surface area contributed by atoms with Gasteiger partial charge in [-0.2, -0.15) is 13.2 Å². The molecule has 0 spiro atoms. The van der Waals surface area contributed by atoms with E-state index in [0.29, 0.717) is 36.7 Å². The van der Waals surface area contributed by atoms with Crippen molar-refractivity contribution in [2.75, 3.05) is 19.6 Å². The maximum Gasteiger partial charge on any atom is 0.415 e. The van der Waals surface area contributed by atoms with Gasteiger partial charge in [-0.25, -0.2) is 0 Å². The third kappa shape index (κ3) is 5.01. The number of aliphatic hydroxyl groups is 1. The number of nitrogens with zero attached hydrogens (tertiary/aromatic N) is 2. The maximum absolute atomic E-state index is 12.3. The number of rotatable bonds is 4. The van der Waals surface area contributed by atoms with Gasteiger partial charge >= 0.3 is 6.18 Å². The Morgan fingerprint density at radius 2 is 2.05 bits per heavy atom. The first-order chi connectivity index (χ1) is 9.84. The van der Waals surface area contributed by atoms with E-state index in [1.165, 1.54) is 6.20 Å². The van der Waals surface area contributed by atoms with E-state index in [-0.39, 0.29) is 6.10 Å². The van der Waals surface area contributed by atoms with Gasteiger partial charge in [0, 0.05) is 31.9 Å². The Labute approximate surface area is 125 Å². The fourth-order valence-corrected chi connectivity index (χ4v) is 2.37. The lowest BCUT2D eigenvalue weighted by molar-refractivity contribution is -0.208. The van der Waals surface area contributed by atoms with E-state index in [2.05, 4.69) is 4.98 Å². The molecule has 1 atom stereocenters. The largest absolute Gasteiger partial charge is 0.489 e. The van der Waals surface area contributed by atoms with Crippen molar-refractivity contribution in [1.82, 2.24) is 9.88 Å². The molecule has 2 heterocycles. The number of pyridine rings is 1. The highest BCUT2D eigenvalue weighted by Crippen LogP contribution is 2.24. The van der Waals surface area contributed by atoms with Crippen LogP contribution in [0.1, 0.15) is 12.8 Å². The number of piperidine rings is 1. The van der Waals surface area contributed by atoms with Crippen LogP contribution >= 0.6 is 11.6 Å². The number of alkyl halides is 3. The summed E-state index contributed by atoms with van der Waals surface area (Å²) in [6.45, 7) is 0.506. The second-order valence-corrected chi connectivity index (χ2v) is 5.45. The molecule has 0 bridgehead atoms. The lowest BCUT2D eigenvalue weighted by Crippen LogP contribution is -2.45. The zero-order valence-electron chi connectivity index (χ0n) is 11.2. The van der Waals surface area contributed by atoms with Crippen molar-refractivity contribution < 1.29 is 23.0 Å². The van der Waals surface area contributed by atoms with Crippen LogP contribution in [0.15, 0.2) is 18.5 Å². The average molecular weight is 325 g/mol. The highest BCUT2D eigenvalue weighted by atomic mass is 35.5. The predicted octanol–water partition coefficient (Wildman–Crippen LogP) is 2.50. The summed E-state index contributed by atoms with van der Waals surface area (Å²) in [6, 6.07) is 1.65. The number of hydrogen-bond donors (Lipinski definition) is 1. The summed E-state index contributed by atoms with van der Waals surface area (Å²) in [5.74, 6) is 0.552. The zero-order chi connectivity index (χ0) is 15.5. The van der Waals surface area contributed by atoms with Gasteiger partial charge in [-0.15, -0.1) is 0 Å². The predicted molar refractivity (Wildman–Crippen MR) is 71.4 cm³/mol. The number of β-amino-alcohol motifs (C(OH)–C–C–N with tert-alkyl or cyclic N) is 1. The normalized spacial score (nSPS) is 19.5. The molecule has 1 aliphatic heterocycles. The number of ether oxygens (including phenoxy) is 1. The van der Waals surface area contributed by atoms with Gasteiger partial charge in [0.2, 0.25) is 0 Å². The van der Waals surface area contributed by atoms with Crippen molar-refractivity contribution in [2.45, 2.75) is 31.2 Å². The molecule has 1 aliphatic rings. The molecule has 1 aromatic heterocycles. The second-order valence-electron chi connectivity index (χ2n) is 5.01. The van der Waals surface area contributed by atoms with Crippen LogP contribution in [0.2, 0.25) is 5.02 Å². The Hall–Kier alpha value is -1.05. The Balaban J connectivity index is 1.78. The Bertz CT molecular complexity index is 465. The van der Waals surface area contributed by atoms with E-state index in [1.807, 2.05) is 0 Å². The minimum Gasteiger partial charge on any atom is -0.489 e. The molecule has 4 nitrogen and oxygen atoms in total. The van der Waals surface area contributed by atoms with Gasteiger partial charge in [0.15, 0.2) is 6.10 Å². The second kappa shape index (κ2) is 6.81. The van der Waals surface area contributed by atoms with Crippen LogP contribution in [0.3, 0.4) is 0 Å². The van der Waals surface area contributed by atoms with Crippen LogP contribution in [0.5, 0.6) is 5.75 Å². The zero-order valence-corrected chi connectivity index (χ0v) is 11.9. The molecular weight excluding hydrogens is 309 g/mol. The van der Waals surface area contributed by atoms with Gasteiger partial charge < -0.3 is 14.7 Å². The molecule has 1 fully saturated rings. The fourth-order valence-electron chi connectivity index (χ4n) is 2.21. The SMILES string of the molecule is O[C@@H](CN1CCC(Oc2cncc(Cl)c2)CC1)C(F)(F)F. The third-order valence-electron chi connectivity index (χ3n) is 3.33. The molecule has 2 rings (SSSR count). The van der Waals surface area contributed by atoms with Crippen LogP contribution in [0.4, 0.5) is 13.2 Å². The first kappa shape index (κ1) is 16.3. The van der Waals surface area contributed by atoms with E-state index >= 15 is 0 Å². The highest BCUT2D eigenvalue weighted by molar-refractivity contribution is 6.30. The summed E-state index contributed by atoms with van der Waals surface area (Å²) >= 11 is 5.80. The fraction of sp³-hybridized carbons (Fsp3) is 0.615. The molecular formula is C13H16ClF3N2O2. The van der Waals surface area contributed by atoms with Gasteiger partial charge in [0.05, 0.1) is 11.2 Å². The van der Waals surface area contributed by atoms with Crippen molar-refractivity contribution in [3.63, 3.8) is 0 Å². The molecule has 1 saturated heterocycles. The van der Waals surface area contributed by atoms with Crippen LogP contribution in [-0.4, -0.2) is 53.0 Å². The smallest absolute Gasteiger partial charge is 0.415 e. The van der Waals surface area contributed by atoms with E-state index < -0.39 is 18.8 Å². The van der Waals surface area contributed by atoms with Crippen LogP contribution in [-0.2, 0) is 0 Å². The first-order valence-electron chi connectivity index (χ1n) is 6.59. The van der Waals surface area contributed by atoms with Crippen molar-refractivity contribution >= 4 is 11.6 Å². The van der Waals surface area contributed by atoms with E-state index in [0.717, 1.165) is 0 Å². The molecule has 1 N–H and O–H groups in total. The Morgan fingerprint density at radius 1 is 1.38 bits per heavy atom. The minimum absolute atomic E-state index is 0.0791. The molecule has 0 radical (unpaired) electrons. The third-order valence-corrected chi connectivity index (χ3v) is 3.53. The van der Waals surface area contributed by atoms with Crippen LogP contribution in [0.25, 0.3) is 0 Å². The quantitative estimate of drug-likeness (QED) is 0.924. The topological polar surface area (TPSA) is 45.6 Å². The van der Waals surface area contributed by atoms with E-state index in [4.69, 9.17) is 21.4 Å². The molecule has 8 heteroatoms. The van der Waals surface area contributed by atoms with Gasteiger partial charge in [-0.3, -0.25) is 4.98 Å². The van der Waals surface area contributed by atoms with Crippen molar-refractivity contribution in [3.8, 4) is 5.75 Å². The summed E-state index contributed by atoms with van der Waals surface area (Å²) in [5.41, 5.74) is 0. The van der Waals surface area contributed by atoms with E-state index in [1.54, 1.807) is 17.2 Å². The van der Waals surface area contributed by atoms with Gasteiger partial charge in [-0.05, 0) is 12.8 Å². The van der Waals surface area contributed by atoms with Crippen molar-refractivity contribution in [1.29, 1.82) is 0 Å². The maximum atomic E-state index is 12.3. The molecule has 0 unspecified atom stereocenters. The lowest BCUT2D eigenvalue weighted by atomic mass is 10.1. The Kier molecular flexibility index (Phi) is 5.29. The van der Waals surface area contributed by atoms with Crippen LogP contribution in [0, 0.1) is 0 Å². The van der Waals surface area contributed by atoms with Crippen molar-refractivity contribution in [3.05, 3.63) is 23.5 Å². The van der Waals surface area contributed by atoms with Crippen molar-refractivity contribution in [2.24, 2.45) is 0 Å². The summed E-state index contributed by atoms with van der Waals surface area (Å²) < 4.78 is 42.6. The molecule has 21 heavy (non-hydrogen) atoms. The first-order valence-corrected chi connectivity index (χ1v) is 6.97. The summed E-state index contributed by atoms with van der Waals surface area (Å²) in [6.07, 6.45) is -2.72. The lowest BCUT2D eigenvalue weighted by Gasteiger charge is -2.33. The number of aromatic nitrogens is 1.